The number of amides is 1. The normalized spacial score (nSPS) is 21.9. The van der Waals surface area contributed by atoms with E-state index in [0.717, 1.165) is 18.4 Å². The number of hydrogen-bond acceptors (Lipinski definition) is 3. The van der Waals surface area contributed by atoms with Crippen molar-refractivity contribution in [3.8, 4) is 0 Å². The van der Waals surface area contributed by atoms with Gasteiger partial charge in [0.05, 0.1) is 6.04 Å². The Morgan fingerprint density at radius 2 is 2.00 bits per heavy atom. The van der Waals surface area contributed by atoms with Crippen LogP contribution in [0.5, 0.6) is 0 Å². The van der Waals surface area contributed by atoms with Crippen molar-refractivity contribution in [1.82, 2.24) is 5.32 Å². The number of carbonyl (C=O) groups excluding carboxylic acids is 2. The summed E-state index contributed by atoms with van der Waals surface area (Å²) in [6.45, 7) is 2.87. The van der Waals surface area contributed by atoms with E-state index in [0.29, 0.717) is 0 Å². The van der Waals surface area contributed by atoms with Crippen LogP contribution in [0.3, 0.4) is 0 Å². The van der Waals surface area contributed by atoms with E-state index in [4.69, 9.17) is 4.74 Å². The molecule has 1 aromatic carbocycles. The molecular formula is C14H17NO3. The monoisotopic (exact) mass is 247 g/mol. The Morgan fingerprint density at radius 3 is 2.67 bits per heavy atom. The number of fused-ring (bicyclic) bond motifs is 1. The van der Waals surface area contributed by atoms with E-state index in [1.165, 1.54) is 19.4 Å². The topological polar surface area (TPSA) is 55.4 Å². The molecule has 0 unspecified atom stereocenters. The van der Waals surface area contributed by atoms with Gasteiger partial charge in [0.2, 0.25) is 5.91 Å². The minimum atomic E-state index is -0.310. The molecule has 0 bridgehead atoms. The van der Waals surface area contributed by atoms with Crippen LogP contribution in [0.25, 0.3) is 0 Å². The number of hydrogen-bond donors (Lipinski definition) is 1. The second-order valence-corrected chi connectivity index (χ2v) is 4.56. The average molecular weight is 247 g/mol. The van der Waals surface area contributed by atoms with Gasteiger partial charge in [-0.05, 0) is 24.0 Å². The number of ether oxygens (including phenoxy) is 1. The van der Waals surface area contributed by atoms with Crippen LogP contribution in [0.15, 0.2) is 24.3 Å². The van der Waals surface area contributed by atoms with Gasteiger partial charge in [-0.2, -0.15) is 0 Å². The smallest absolute Gasteiger partial charge is 0.302 e. The van der Waals surface area contributed by atoms with Crippen LogP contribution in [0, 0.1) is 0 Å². The van der Waals surface area contributed by atoms with Crippen LogP contribution in [0.4, 0.5) is 0 Å². The van der Waals surface area contributed by atoms with Gasteiger partial charge in [0.1, 0.15) is 6.10 Å². The number of rotatable bonds is 2. The lowest BCUT2D eigenvalue weighted by molar-refractivity contribution is -0.149. The Bertz CT molecular complexity index is 470. The summed E-state index contributed by atoms with van der Waals surface area (Å²) < 4.78 is 5.31. The lowest BCUT2D eigenvalue weighted by Crippen LogP contribution is -2.40. The minimum Gasteiger partial charge on any atom is -0.460 e. The van der Waals surface area contributed by atoms with Crippen molar-refractivity contribution in [1.29, 1.82) is 0 Å². The molecule has 0 aliphatic heterocycles. The zero-order valence-electron chi connectivity index (χ0n) is 10.6. The highest BCUT2D eigenvalue weighted by Gasteiger charge is 2.32. The molecule has 0 radical (unpaired) electrons. The maximum absolute atomic E-state index is 11.3. The number of aryl methyl sites for hydroxylation is 1. The average Bonchev–Trinajstić information content (AvgIpc) is 2.31. The molecule has 1 aromatic rings. The van der Waals surface area contributed by atoms with Crippen molar-refractivity contribution in [2.75, 3.05) is 0 Å². The largest absolute Gasteiger partial charge is 0.460 e. The molecule has 18 heavy (non-hydrogen) atoms. The fourth-order valence-electron chi connectivity index (χ4n) is 2.46. The van der Waals surface area contributed by atoms with Gasteiger partial charge < -0.3 is 10.1 Å². The third-order valence-electron chi connectivity index (χ3n) is 3.14. The SMILES string of the molecule is CC(=O)N[C@@H]1c2ccccc2CC[C@@H]1OC(C)=O. The Hall–Kier alpha value is -1.84. The van der Waals surface area contributed by atoms with Crippen molar-refractivity contribution >= 4 is 11.9 Å². The number of carbonyl (C=O) groups is 2. The van der Waals surface area contributed by atoms with E-state index in [9.17, 15) is 9.59 Å². The first-order chi connectivity index (χ1) is 8.58. The van der Waals surface area contributed by atoms with E-state index in [1.54, 1.807) is 0 Å². The van der Waals surface area contributed by atoms with E-state index in [2.05, 4.69) is 5.32 Å². The third kappa shape index (κ3) is 2.70. The summed E-state index contributed by atoms with van der Waals surface area (Å²) in [7, 11) is 0. The van der Waals surface area contributed by atoms with Crippen LogP contribution < -0.4 is 5.32 Å². The number of benzene rings is 1. The van der Waals surface area contributed by atoms with Gasteiger partial charge in [-0.1, -0.05) is 24.3 Å². The molecule has 2 atom stereocenters. The highest BCUT2D eigenvalue weighted by Crippen LogP contribution is 2.31. The van der Waals surface area contributed by atoms with E-state index in [1.807, 2.05) is 24.3 Å². The fraction of sp³-hybridized carbons (Fsp3) is 0.429. The van der Waals surface area contributed by atoms with Crippen molar-refractivity contribution in [3.05, 3.63) is 35.4 Å². The summed E-state index contributed by atoms with van der Waals surface area (Å²) in [4.78, 5) is 22.4. The van der Waals surface area contributed by atoms with Crippen molar-refractivity contribution < 1.29 is 14.3 Å². The van der Waals surface area contributed by atoms with Gasteiger partial charge >= 0.3 is 5.97 Å². The lowest BCUT2D eigenvalue weighted by atomic mass is 9.85. The van der Waals surface area contributed by atoms with Crippen LogP contribution in [-0.2, 0) is 20.7 Å². The maximum Gasteiger partial charge on any atom is 0.302 e. The molecule has 0 aromatic heterocycles. The highest BCUT2D eigenvalue weighted by molar-refractivity contribution is 5.74. The summed E-state index contributed by atoms with van der Waals surface area (Å²) in [6.07, 6.45) is 1.33. The van der Waals surface area contributed by atoms with Gasteiger partial charge in [0, 0.05) is 13.8 Å². The van der Waals surface area contributed by atoms with E-state index in [-0.39, 0.29) is 24.0 Å². The van der Waals surface area contributed by atoms with Gasteiger partial charge in [0.15, 0.2) is 0 Å². The first-order valence-electron chi connectivity index (χ1n) is 6.10. The molecule has 1 aliphatic carbocycles. The zero-order valence-corrected chi connectivity index (χ0v) is 10.6. The predicted octanol–water partition coefficient (Wildman–Crippen LogP) is 1.74. The Morgan fingerprint density at radius 1 is 1.28 bits per heavy atom. The summed E-state index contributed by atoms with van der Waals surface area (Å²) in [5.41, 5.74) is 2.25. The predicted molar refractivity (Wildman–Crippen MR) is 66.9 cm³/mol. The molecule has 0 heterocycles. The van der Waals surface area contributed by atoms with Crippen molar-refractivity contribution in [2.45, 2.75) is 38.8 Å². The summed E-state index contributed by atoms with van der Waals surface area (Å²) in [5.74, 6) is -0.427. The van der Waals surface area contributed by atoms with Crippen molar-refractivity contribution in [2.24, 2.45) is 0 Å². The molecule has 0 spiro atoms. The Labute approximate surface area is 106 Å². The zero-order chi connectivity index (χ0) is 13.1. The first kappa shape index (κ1) is 12.6. The standard InChI is InChI=1S/C14H17NO3/c1-9(16)15-14-12-6-4-3-5-11(12)7-8-13(14)18-10(2)17/h3-6,13-14H,7-8H2,1-2H3,(H,15,16)/t13-,14+/m0/s1. The number of nitrogens with one attached hydrogen (secondary N) is 1. The second kappa shape index (κ2) is 5.21. The molecule has 96 valence electrons. The van der Waals surface area contributed by atoms with Crippen molar-refractivity contribution in [3.63, 3.8) is 0 Å². The molecule has 1 N–H and O–H groups in total. The second-order valence-electron chi connectivity index (χ2n) is 4.56. The first-order valence-corrected chi connectivity index (χ1v) is 6.10. The minimum absolute atomic E-state index is 0.117. The molecule has 1 amide bonds. The molecule has 1 aliphatic rings. The quantitative estimate of drug-likeness (QED) is 0.810. The molecular weight excluding hydrogens is 230 g/mol. The van der Waals surface area contributed by atoms with E-state index >= 15 is 0 Å². The molecule has 4 nitrogen and oxygen atoms in total. The Balaban J connectivity index is 2.30. The highest BCUT2D eigenvalue weighted by atomic mass is 16.5. The van der Waals surface area contributed by atoms with Crippen LogP contribution in [0.1, 0.15) is 37.4 Å². The fourth-order valence-corrected chi connectivity index (χ4v) is 2.46. The summed E-state index contributed by atoms with van der Waals surface area (Å²) in [6, 6.07) is 7.70. The molecule has 0 saturated heterocycles. The van der Waals surface area contributed by atoms with Gasteiger partial charge in [-0.3, -0.25) is 9.59 Å². The molecule has 0 fully saturated rings. The van der Waals surface area contributed by atoms with Gasteiger partial charge in [-0.15, -0.1) is 0 Å². The van der Waals surface area contributed by atoms with Gasteiger partial charge in [0.25, 0.3) is 0 Å². The molecule has 4 heteroatoms. The number of esters is 1. The van der Waals surface area contributed by atoms with Crippen LogP contribution in [-0.4, -0.2) is 18.0 Å². The van der Waals surface area contributed by atoms with Crippen LogP contribution in [0.2, 0.25) is 0 Å². The third-order valence-corrected chi connectivity index (χ3v) is 3.14. The lowest BCUT2D eigenvalue weighted by Gasteiger charge is -2.33. The molecule has 2 rings (SSSR count). The summed E-state index contributed by atoms with van der Waals surface area (Å²) >= 11 is 0. The summed E-state index contributed by atoms with van der Waals surface area (Å²) in [5, 5.41) is 2.88. The van der Waals surface area contributed by atoms with E-state index < -0.39 is 0 Å². The van der Waals surface area contributed by atoms with Crippen LogP contribution >= 0.6 is 0 Å². The Kier molecular flexibility index (Phi) is 3.65. The molecule has 0 saturated carbocycles. The maximum atomic E-state index is 11.3. The van der Waals surface area contributed by atoms with Gasteiger partial charge in [-0.25, -0.2) is 0 Å².